The summed E-state index contributed by atoms with van der Waals surface area (Å²) in [6.07, 6.45) is 6.14. The van der Waals surface area contributed by atoms with Gasteiger partial charge in [0.25, 0.3) is 0 Å². The number of nitrogens with zero attached hydrogens (tertiary/aromatic N) is 1. The van der Waals surface area contributed by atoms with Crippen LogP contribution in [-0.2, 0) is 4.74 Å². The Hall–Kier alpha value is -1.78. The van der Waals surface area contributed by atoms with Crippen molar-refractivity contribution in [3.8, 4) is 0 Å². The molecule has 106 valence electrons. The minimum absolute atomic E-state index is 0.0262. The maximum Gasteiger partial charge on any atom is 0.407 e. The molecule has 1 atom stereocenters. The van der Waals surface area contributed by atoms with Crippen LogP contribution in [0.3, 0.4) is 0 Å². The first-order chi connectivity index (χ1) is 8.78. The Labute approximate surface area is 114 Å². The molecule has 0 aliphatic heterocycles. The lowest BCUT2D eigenvalue weighted by Crippen LogP contribution is -2.37. The molecule has 0 aliphatic rings. The molecule has 19 heavy (non-hydrogen) atoms. The van der Waals surface area contributed by atoms with Crippen LogP contribution in [-0.4, -0.2) is 27.9 Å². The number of hydrogen-bond donors (Lipinski definition) is 2. The number of alkyl carbamates (subject to hydrolysis) is 1. The molecule has 1 rings (SSSR count). The van der Waals surface area contributed by atoms with Gasteiger partial charge in [-0.25, -0.2) is 4.79 Å². The summed E-state index contributed by atoms with van der Waals surface area (Å²) in [6.45, 7) is 9.45. The predicted octanol–water partition coefficient (Wildman–Crippen LogP) is 3.03. The normalized spacial score (nSPS) is 13.5. The number of aromatic amines is 1. The molecule has 0 unspecified atom stereocenters. The van der Waals surface area contributed by atoms with E-state index in [1.54, 1.807) is 6.20 Å². The lowest BCUT2D eigenvalue weighted by molar-refractivity contribution is 0.0509. The van der Waals surface area contributed by atoms with Crippen LogP contribution in [0.4, 0.5) is 4.79 Å². The number of H-pyrrole nitrogens is 1. The molecule has 5 nitrogen and oxygen atoms in total. The second kappa shape index (κ2) is 6.41. The largest absolute Gasteiger partial charge is 0.444 e. The fourth-order valence-corrected chi connectivity index (χ4v) is 1.49. The first-order valence-corrected chi connectivity index (χ1v) is 6.44. The van der Waals surface area contributed by atoms with E-state index in [2.05, 4.69) is 15.5 Å². The highest BCUT2D eigenvalue weighted by atomic mass is 16.6. The zero-order valence-electron chi connectivity index (χ0n) is 12.3. The first-order valence-electron chi connectivity index (χ1n) is 6.44. The van der Waals surface area contributed by atoms with E-state index in [4.69, 9.17) is 4.74 Å². The molecule has 2 N–H and O–H groups in total. The van der Waals surface area contributed by atoms with Crippen LogP contribution < -0.4 is 5.32 Å². The third-order valence-electron chi connectivity index (χ3n) is 2.42. The van der Waals surface area contributed by atoms with E-state index < -0.39 is 5.60 Å². The lowest BCUT2D eigenvalue weighted by atomic mass is 10.2. The van der Waals surface area contributed by atoms with Crippen molar-refractivity contribution in [2.45, 2.75) is 52.7 Å². The summed E-state index contributed by atoms with van der Waals surface area (Å²) in [5.74, 6) is 0. The van der Waals surface area contributed by atoms with Crippen LogP contribution in [0.2, 0.25) is 0 Å². The Balaban J connectivity index is 2.36. The van der Waals surface area contributed by atoms with Crippen LogP contribution in [0.25, 0.3) is 6.08 Å². The van der Waals surface area contributed by atoms with Gasteiger partial charge in [0.1, 0.15) is 5.60 Å². The van der Waals surface area contributed by atoms with Crippen molar-refractivity contribution in [1.29, 1.82) is 0 Å². The molecule has 0 saturated carbocycles. The van der Waals surface area contributed by atoms with Gasteiger partial charge in [-0.15, -0.1) is 0 Å². The van der Waals surface area contributed by atoms with Gasteiger partial charge in [-0.1, -0.05) is 12.2 Å². The molecule has 1 amide bonds. The van der Waals surface area contributed by atoms with E-state index in [1.165, 1.54) is 0 Å². The average molecular weight is 265 g/mol. The minimum atomic E-state index is -0.465. The Morgan fingerprint density at radius 1 is 1.58 bits per heavy atom. The van der Waals surface area contributed by atoms with Crippen LogP contribution in [0.5, 0.6) is 0 Å². The van der Waals surface area contributed by atoms with Gasteiger partial charge in [0, 0.05) is 17.3 Å². The lowest BCUT2D eigenvalue weighted by Gasteiger charge is -2.21. The smallest absolute Gasteiger partial charge is 0.407 e. The minimum Gasteiger partial charge on any atom is -0.444 e. The Kier molecular flexibility index (Phi) is 5.15. The highest BCUT2D eigenvalue weighted by Crippen LogP contribution is 2.08. The summed E-state index contributed by atoms with van der Waals surface area (Å²) < 4.78 is 5.19. The Morgan fingerprint density at radius 2 is 2.26 bits per heavy atom. The summed E-state index contributed by atoms with van der Waals surface area (Å²) in [7, 11) is 0. The van der Waals surface area contributed by atoms with Gasteiger partial charge in [0.05, 0.1) is 6.20 Å². The predicted molar refractivity (Wildman–Crippen MR) is 75.8 cm³/mol. The van der Waals surface area contributed by atoms with Crippen LogP contribution in [0, 0.1) is 6.92 Å². The average Bonchev–Trinajstić information content (AvgIpc) is 2.61. The SMILES string of the molecule is Cc1[nH]ncc1/C=C/C[C@H](C)NC(=O)OC(C)(C)C. The van der Waals surface area contributed by atoms with Gasteiger partial charge in [-0.2, -0.15) is 5.10 Å². The van der Waals surface area contributed by atoms with Gasteiger partial charge in [0.2, 0.25) is 0 Å². The third kappa shape index (κ3) is 6.08. The quantitative estimate of drug-likeness (QED) is 0.879. The van der Waals surface area contributed by atoms with Gasteiger partial charge in [-0.05, 0) is 41.0 Å². The molecule has 1 heterocycles. The maximum absolute atomic E-state index is 11.5. The van der Waals surface area contributed by atoms with Crippen molar-refractivity contribution in [2.24, 2.45) is 0 Å². The van der Waals surface area contributed by atoms with Crippen LogP contribution in [0.1, 0.15) is 45.4 Å². The zero-order valence-corrected chi connectivity index (χ0v) is 12.3. The monoisotopic (exact) mass is 265 g/mol. The van der Waals surface area contributed by atoms with Gasteiger partial charge in [-0.3, -0.25) is 5.10 Å². The number of ether oxygens (including phenoxy) is 1. The molecule has 1 aromatic heterocycles. The van der Waals surface area contributed by atoms with Gasteiger partial charge in [0.15, 0.2) is 0 Å². The second-order valence-electron chi connectivity index (χ2n) is 5.64. The Morgan fingerprint density at radius 3 is 2.79 bits per heavy atom. The first kappa shape index (κ1) is 15.3. The molecule has 0 radical (unpaired) electrons. The van der Waals surface area contributed by atoms with Crippen LogP contribution in [0.15, 0.2) is 12.3 Å². The van der Waals surface area contributed by atoms with Gasteiger partial charge >= 0.3 is 6.09 Å². The van der Waals surface area contributed by atoms with E-state index in [0.29, 0.717) is 0 Å². The number of aryl methyl sites for hydroxylation is 1. The summed E-state index contributed by atoms with van der Waals surface area (Å²) in [5.41, 5.74) is 1.63. The summed E-state index contributed by atoms with van der Waals surface area (Å²) in [5, 5.41) is 9.61. The fourth-order valence-electron chi connectivity index (χ4n) is 1.49. The summed E-state index contributed by atoms with van der Waals surface area (Å²) in [6, 6.07) is 0.0262. The standard InChI is InChI=1S/C14H23N3O2/c1-10(16-13(18)19-14(3,4)5)7-6-8-12-9-15-17-11(12)2/h6,8-10H,7H2,1-5H3,(H,15,17)(H,16,18)/b8-6+/t10-/m0/s1. The van der Waals surface area contributed by atoms with Gasteiger partial charge < -0.3 is 10.1 Å². The molecule has 1 aromatic rings. The number of hydrogen-bond acceptors (Lipinski definition) is 3. The molecule has 5 heteroatoms. The summed E-state index contributed by atoms with van der Waals surface area (Å²) in [4.78, 5) is 11.5. The van der Waals surface area contributed by atoms with E-state index in [1.807, 2.05) is 46.8 Å². The molecular formula is C14H23N3O2. The summed E-state index contributed by atoms with van der Waals surface area (Å²) >= 11 is 0. The number of aromatic nitrogens is 2. The molecule has 0 fully saturated rings. The van der Waals surface area contributed by atoms with Crippen molar-refractivity contribution in [1.82, 2.24) is 15.5 Å². The molecule has 0 aliphatic carbocycles. The third-order valence-corrected chi connectivity index (χ3v) is 2.42. The zero-order chi connectivity index (χ0) is 14.5. The molecule has 0 spiro atoms. The number of rotatable bonds is 4. The van der Waals surface area contributed by atoms with Crippen molar-refractivity contribution in [3.05, 3.63) is 23.5 Å². The van der Waals surface area contributed by atoms with E-state index >= 15 is 0 Å². The molecule has 0 aromatic carbocycles. The molecule has 0 bridgehead atoms. The van der Waals surface area contributed by atoms with Crippen molar-refractivity contribution >= 4 is 12.2 Å². The maximum atomic E-state index is 11.5. The van der Waals surface area contributed by atoms with Crippen LogP contribution >= 0.6 is 0 Å². The topological polar surface area (TPSA) is 67.0 Å². The highest BCUT2D eigenvalue weighted by molar-refractivity contribution is 5.68. The number of carbonyl (C=O) groups is 1. The number of amides is 1. The van der Waals surface area contributed by atoms with Crippen molar-refractivity contribution in [2.75, 3.05) is 0 Å². The van der Waals surface area contributed by atoms with E-state index in [0.717, 1.165) is 17.7 Å². The number of nitrogens with one attached hydrogen (secondary N) is 2. The molecular weight excluding hydrogens is 242 g/mol. The molecule has 0 saturated heterocycles. The van der Waals surface area contributed by atoms with E-state index in [-0.39, 0.29) is 12.1 Å². The van der Waals surface area contributed by atoms with Crippen molar-refractivity contribution in [3.63, 3.8) is 0 Å². The fraction of sp³-hybridized carbons (Fsp3) is 0.571. The Bertz CT molecular complexity index is 444. The second-order valence-corrected chi connectivity index (χ2v) is 5.64. The van der Waals surface area contributed by atoms with Crippen molar-refractivity contribution < 1.29 is 9.53 Å². The number of carbonyl (C=O) groups excluding carboxylic acids is 1. The van der Waals surface area contributed by atoms with E-state index in [9.17, 15) is 4.79 Å². The highest BCUT2D eigenvalue weighted by Gasteiger charge is 2.17.